The molecule has 26 heavy (non-hydrogen) atoms. The van der Waals surface area contributed by atoms with Gasteiger partial charge in [-0.3, -0.25) is 4.79 Å². The average molecular weight is 356 g/mol. The minimum absolute atomic E-state index is 0.0466. The van der Waals surface area contributed by atoms with Gasteiger partial charge in [-0.1, -0.05) is 11.6 Å². The van der Waals surface area contributed by atoms with E-state index >= 15 is 0 Å². The Morgan fingerprint density at radius 3 is 2.62 bits per heavy atom. The highest BCUT2D eigenvalue weighted by Gasteiger charge is 2.34. The van der Waals surface area contributed by atoms with Crippen molar-refractivity contribution in [1.29, 1.82) is 0 Å². The standard InChI is InChI=1S/C18H24N6O2/c25-16(11-23-10-14(19-22-23)12-7-8-12)24-9-2-1-6-15(24)18-21-20-17(26-18)13-4-3-5-13/h10,12-13,15H,1-9,11H2/t15-/m1/s1. The number of aromatic nitrogens is 5. The molecule has 0 unspecified atom stereocenters. The summed E-state index contributed by atoms with van der Waals surface area (Å²) in [4.78, 5) is 14.8. The molecule has 2 saturated carbocycles. The van der Waals surface area contributed by atoms with Gasteiger partial charge in [0.05, 0.1) is 5.69 Å². The fourth-order valence-electron chi connectivity index (χ4n) is 3.87. The summed E-state index contributed by atoms with van der Waals surface area (Å²) in [6, 6.07) is -0.107. The normalized spacial score (nSPS) is 23.8. The van der Waals surface area contributed by atoms with E-state index in [1.807, 2.05) is 11.1 Å². The third-order valence-electron chi connectivity index (χ3n) is 5.87. The minimum Gasteiger partial charge on any atom is -0.423 e. The van der Waals surface area contributed by atoms with Crippen LogP contribution in [0.1, 0.15) is 86.7 Å². The Bertz CT molecular complexity index is 791. The van der Waals surface area contributed by atoms with Crippen LogP contribution in [0.5, 0.6) is 0 Å². The van der Waals surface area contributed by atoms with Gasteiger partial charge in [0.15, 0.2) is 0 Å². The van der Waals surface area contributed by atoms with Crippen LogP contribution in [0.25, 0.3) is 0 Å². The molecule has 3 aliphatic rings. The van der Waals surface area contributed by atoms with Crippen molar-refractivity contribution in [1.82, 2.24) is 30.1 Å². The highest BCUT2D eigenvalue weighted by Crippen LogP contribution is 2.39. The van der Waals surface area contributed by atoms with Crippen molar-refractivity contribution in [3.05, 3.63) is 23.7 Å². The van der Waals surface area contributed by atoms with Gasteiger partial charge in [-0.25, -0.2) is 4.68 Å². The Hall–Kier alpha value is -2.25. The number of hydrogen-bond donors (Lipinski definition) is 0. The van der Waals surface area contributed by atoms with Gasteiger partial charge >= 0.3 is 0 Å². The molecular weight excluding hydrogens is 332 g/mol. The van der Waals surface area contributed by atoms with Crippen molar-refractivity contribution >= 4 is 5.91 Å². The lowest BCUT2D eigenvalue weighted by atomic mass is 9.85. The van der Waals surface area contributed by atoms with Crippen molar-refractivity contribution in [2.24, 2.45) is 0 Å². The van der Waals surface area contributed by atoms with Crippen molar-refractivity contribution in [2.45, 2.75) is 75.8 Å². The van der Waals surface area contributed by atoms with Gasteiger partial charge < -0.3 is 9.32 Å². The number of likely N-dealkylation sites (tertiary alicyclic amines) is 1. The quantitative estimate of drug-likeness (QED) is 0.818. The average Bonchev–Trinajstić information content (AvgIpc) is 3.17. The van der Waals surface area contributed by atoms with E-state index in [1.165, 1.54) is 19.3 Å². The number of nitrogens with zero attached hydrogens (tertiary/aromatic N) is 6. The number of rotatable bonds is 5. The van der Waals surface area contributed by atoms with Gasteiger partial charge in [0.1, 0.15) is 12.6 Å². The number of amides is 1. The first-order valence-corrected chi connectivity index (χ1v) is 9.81. The molecule has 8 heteroatoms. The molecule has 0 bridgehead atoms. The molecule has 1 saturated heterocycles. The monoisotopic (exact) mass is 356 g/mol. The van der Waals surface area contributed by atoms with E-state index in [0.717, 1.165) is 50.2 Å². The van der Waals surface area contributed by atoms with E-state index in [0.29, 0.717) is 17.7 Å². The van der Waals surface area contributed by atoms with Crippen LogP contribution in [0.4, 0.5) is 0 Å². The molecule has 2 aromatic rings. The van der Waals surface area contributed by atoms with Gasteiger partial charge in [0, 0.05) is 24.6 Å². The van der Waals surface area contributed by atoms with E-state index < -0.39 is 0 Å². The summed E-state index contributed by atoms with van der Waals surface area (Å²) in [5, 5.41) is 16.8. The second-order valence-electron chi connectivity index (χ2n) is 7.82. The Morgan fingerprint density at radius 2 is 1.85 bits per heavy atom. The van der Waals surface area contributed by atoms with Crippen molar-refractivity contribution in [2.75, 3.05) is 6.54 Å². The summed E-state index contributed by atoms with van der Waals surface area (Å²) in [7, 11) is 0. The van der Waals surface area contributed by atoms with E-state index in [2.05, 4.69) is 20.5 Å². The first-order chi connectivity index (χ1) is 12.8. The van der Waals surface area contributed by atoms with Crippen molar-refractivity contribution in [3.63, 3.8) is 0 Å². The lowest BCUT2D eigenvalue weighted by Gasteiger charge is -2.33. The maximum absolute atomic E-state index is 12.9. The predicted octanol–water partition coefficient (Wildman–Crippen LogP) is 2.56. The van der Waals surface area contributed by atoms with Crippen LogP contribution in [-0.2, 0) is 11.3 Å². The summed E-state index contributed by atoms with van der Waals surface area (Å²) in [6.07, 6.45) is 10.7. The van der Waals surface area contributed by atoms with Gasteiger partial charge in [0.25, 0.3) is 0 Å². The van der Waals surface area contributed by atoms with Gasteiger partial charge in [-0.05, 0) is 44.9 Å². The first-order valence-electron chi connectivity index (χ1n) is 9.81. The zero-order chi connectivity index (χ0) is 17.5. The van der Waals surface area contributed by atoms with Gasteiger partial charge in [-0.15, -0.1) is 15.3 Å². The first kappa shape index (κ1) is 16.0. The molecule has 2 aliphatic carbocycles. The molecule has 0 aromatic carbocycles. The van der Waals surface area contributed by atoms with Crippen molar-refractivity contribution < 1.29 is 9.21 Å². The molecule has 0 spiro atoms. The number of carbonyl (C=O) groups excluding carboxylic acids is 1. The fourth-order valence-corrected chi connectivity index (χ4v) is 3.87. The van der Waals surface area contributed by atoms with E-state index in [9.17, 15) is 4.79 Å². The molecule has 5 rings (SSSR count). The molecule has 138 valence electrons. The van der Waals surface area contributed by atoms with Crippen LogP contribution >= 0.6 is 0 Å². The molecule has 2 aromatic heterocycles. The van der Waals surface area contributed by atoms with Gasteiger partial charge in [-0.2, -0.15) is 0 Å². The molecule has 1 aliphatic heterocycles. The topological polar surface area (TPSA) is 89.9 Å². The molecule has 1 amide bonds. The second kappa shape index (κ2) is 6.48. The van der Waals surface area contributed by atoms with Crippen LogP contribution in [0.2, 0.25) is 0 Å². The Balaban J connectivity index is 1.30. The van der Waals surface area contributed by atoms with Crippen LogP contribution in [0.15, 0.2) is 10.6 Å². The Labute approximate surface area is 151 Å². The third-order valence-corrected chi connectivity index (χ3v) is 5.87. The SMILES string of the molecule is O=C(Cn1cc(C2CC2)nn1)N1CCCC[C@@H]1c1nnc(C2CCC2)o1. The van der Waals surface area contributed by atoms with Crippen LogP contribution in [-0.4, -0.2) is 42.5 Å². The lowest BCUT2D eigenvalue weighted by Crippen LogP contribution is -2.40. The highest BCUT2D eigenvalue weighted by molar-refractivity contribution is 5.76. The molecule has 3 fully saturated rings. The summed E-state index contributed by atoms with van der Waals surface area (Å²) in [6.45, 7) is 0.953. The molecule has 1 atom stereocenters. The minimum atomic E-state index is -0.107. The van der Waals surface area contributed by atoms with E-state index in [1.54, 1.807) is 4.68 Å². The Morgan fingerprint density at radius 1 is 1.00 bits per heavy atom. The number of piperidine rings is 1. The van der Waals surface area contributed by atoms with Crippen LogP contribution < -0.4 is 0 Å². The molecule has 0 radical (unpaired) electrons. The largest absolute Gasteiger partial charge is 0.423 e. The fraction of sp³-hybridized carbons (Fsp3) is 0.722. The number of carbonyl (C=O) groups is 1. The van der Waals surface area contributed by atoms with Crippen molar-refractivity contribution in [3.8, 4) is 0 Å². The summed E-state index contributed by atoms with van der Waals surface area (Å²) >= 11 is 0. The third kappa shape index (κ3) is 3.01. The van der Waals surface area contributed by atoms with Crippen LogP contribution in [0.3, 0.4) is 0 Å². The molecular formula is C18H24N6O2. The highest BCUT2D eigenvalue weighted by atomic mass is 16.4. The lowest BCUT2D eigenvalue weighted by molar-refractivity contribution is -0.136. The van der Waals surface area contributed by atoms with E-state index in [-0.39, 0.29) is 18.5 Å². The maximum Gasteiger partial charge on any atom is 0.245 e. The molecule has 8 nitrogen and oxygen atoms in total. The zero-order valence-electron chi connectivity index (χ0n) is 14.9. The summed E-state index contributed by atoms with van der Waals surface area (Å²) < 4.78 is 7.61. The van der Waals surface area contributed by atoms with Crippen LogP contribution in [0, 0.1) is 0 Å². The smallest absolute Gasteiger partial charge is 0.245 e. The molecule has 0 N–H and O–H groups in total. The predicted molar refractivity (Wildman–Crippen MR) is 91.2 cm³/mol. The molecule has 3 heterocycles. The number of hydrogen-bond acceptors (Lipinski definition) is 6. The summed E-state index contributed by atoms with van der Waals surface area (Å²) in [5.74, 6) is 2.35. The van der Waals surface area contributed by atoms with Gasteiger partial charge in [0.2, 0.25) is 17.7 Å². The second-order valence-corrected chi connectivity index (χ2v) is 7.82. The zero-order valence-corrected chi connectivity index (χ0v) is 14.9. The van der Waals surface area contributed by atoms with E-state index in [4.69, 9.17) is 4.42 Å². The Kier molecular flexibility index (Phi) is 3.98. The maximum atomic E-state index is 12.9. The summed E-state index contributed by atoms with van der Waals surface area (Å²) in [5.41, 5.74) is 1.01.